The molecular formula is C14H19Cl2N3O. The zero-order chi connectivity index (χ0) is 15.1. The Morgan fingerprint density at radius 1 is 1.55 bits per heavy atom. The van der Waals surface area contributed by atoms with Gasteiger partial charge in [-0.2, -0.15) is 5.10 Å². The van der Waals surface area contributed by atoms with E-state index in [1.807, 2.05) is 27.8 Å². The van der Waals surface area contributed by atoms with Gasteiger partial charge in [-0.15, -0.1) is 0 Å². The Bertz CT molecular complexity index is 559. The summed E-state index contributed by atoms with van der Waals surface area (Å²) in [5, 5.41) is 7.12. The van der Waals surface area contributed by atoms with Crippen LogP contribution >= 0.6 is 23.2 Å². The van der Waals surface area contributed by atoms with Crippen LogP contribution in [0, 0.1) is 24.2 Å². The summed E-state index contributed by atoms with van der Waals surface area (Å²) in [6.45, 7) is 6.57. The zero-order valence-corrected chi connectivity index (χ0v) is 13.6. The van der Waals surface area contributed by atoms with Crippen molar-refractivity contribution >= 4 is 29.1 Å². The van der Waals surface area contributed by atoms with Gasteiger partial charge in [0.2, 0.25) is 5.91 Å². The molecule has 1 saturated carbocycles. The third-order valence-corrected chi connectivity index (χ3v) is 4.54. The lowest BCUT2D eigenvalue weighted by Gasteiger charge is -2.06. The monoisotopic (exact) mass is 315 g/mol. The van der Waals surface area contributed by atoms with Crippen LogP contribution in [0.1, 0.15) is 25.1 Å². The fourth-order valence-electron chi connectivity index (χ4n) is 2.64. The topological polar surface area (TPSA) is 46.9 Å². The molecule has 0 aromatic carbocycles. The van der Waals surface area contributed by atoms with E-state index in [1.165, 1.54) is 0 Å². The average Bonchev–Trinajstić information content (AvgIpc) is 2.71. The van der Waals surface area contributed by atoms with Crippen LogP contribution in [0.3, 0.4) is 0 Å². The van der Waals surface area contributed by atoms with E-state index >= 15 is 0 Å². The molecule has 1 N–H and O–H groups in total. The molecule has 1 aliphatic rings. The molecule has 1 aromatic rings. The van der Waals surface area contributed by atoms with E-state index < -0.39 is 0 Å². The first-order valence-electron chi connectivity index (χ1n) is 6.53. The number of hydrogen-bond donors (Lipinski definition) is 1. The lowest BCUT2D eigenvalue weighted by molar-refractivity contribution is -0.123. The summed E-state index contributed by atoms with van der Waals surface area (Å²) in [6.07, 6.45) is 3.53. The van der Waals surface area contributed by atoms with Crippen molar-refractivity contribution < 1.29 is 4.79 Å². The van der Waals surface area contributed by atoms with Crippen LogP contribution in [0.5, 0.6) is 0 Å². The lowest BCUT2D eigenvalue weighted by atomic mass is 10.1. The zero-order valence-electron chi connectivity index (χ0n) is 12.1. The number of carbonyl (C=O) groups excluding carboxylic acids is 1. The number of hydrogen-bond acceptors (Lipinski definition) is 2. The maximum Gasteiger partial charge on any atom is 0.224 e. The van der Waals surface area contributed by atoms with Gasteiger partial charge in [0.05, 0.1) is 12.1 Å². The predicted molar refractivity (Wildman–Crippen MR) is 80.3 cm³/mol. The molecular weight excluding hydrogens is 297 g/mol. The number of nitrogens with one attached hydrogen (secondary N) is 1. The van der Waals surface area contributed by atoms with E-state index in [4.69, 9.17) is 23.2 Å². The smallest absolute Gasteiger partial charge is 0.224 e. The fourth-order valence-corrected chi connectivity index (χ4v) is 2.91. The molecule has 2 atom stereocenters. The van der Waals surface area contributed by atoms with Crippen LogP contribution in [-0.4, -0.2) is 15.7 Å². The number of nitrogens with zero attached hydrogens (tertiary/aromatic N) is 2. The first kappa shape index (κ1) is 15.4. The van der Waals surface area contributed by atoms with Gasteiger partial charge >= 0.3 is 0 Å². The molecule has 2 rings (SSSR count). The maximum absolute atomic E-state index is 12.3. The van der Waals surface area contributed by atoms with Crippen LogP contribution in [0.4, 0.5) is 0 Å². The van der Waals surface area contributed by atoms with Crippen LogP contribution < -0.4 is 5.32 Å². The van der Waals surface area contributed by atoms with E-state index in [2.05, 4.69) is 10.4 Å². The van der Waals surface area contributed by atoms with Crippen molar-refractivity contribution in [2.45, 2.75) is 27.3 Å². The van der Waals surface area contributed by atoms with Gasteiger partial charge in [0.15, 0.2) is 0 Å². The molecule has 1 fully saturated rings. The summed E-state index contributed by atoms with van der Waals surface area (Å²) in [5.41, 5.74) is 1.99. The van der Waals surface area contributed by atoms with Gasteiger partial charge in [-0.25, -0.2) is 0 Å². The first-order chi connectivity index (χ1) is 9.25. The minimum absolute atomic E-state index is 0.0362. The van der Waals surface area contributed by atoms with Crippen molar-refractivity contribution in [1.82, 2.24) is 15.1 Å². The third-order valence-electron chi connectivity index (χ3n) is 4.29. The average molecular weight is 316 g/mol. The van der Waals surface area contributed by atoms with Gasteiger partial charge in [0, 0.05) is 24.8 Å². The molecule has 1 heterocycles. The Labute approximate surface area is 129 Å². The Kier molecular flexibility index (Phi) is 4.17. The Balaban J connectivity index is 1.97. The summed E-state index contributed by atoms with van der Waals surface area (Å²) < 4.78 is 2.02. The van der Waals surface area contributed by atoms with Crippen LogP contribution in [0.25, 0.3) is 0 Å². The minimum atomic E-state index is -0.0942. The van der Waals surface area contributed by atoms with Gasteiger partial charge in [0.1, 0.15) is 4.49 Å². The van der Waals surface area contributed by atoms with E-state index in [0.29, 0.717) is 6.54 Å². The predicted octanol–water partition coefficient (Wildman–Crippen LogP) is 2.94. The van der Waals surface area contributed by atoms with Gasteiger partial charge < -0.3 is 5.32 Å². The molecule has 1 amide bonds. The summed E-state index contributed by atoms with van der Waals surface area (Å²) in [4.78, 5) is 12.3. The third kappa shape index (κ3) is 2.86. The van der Waals surface area contributed by atoms with Crippen molar-refractivity contribution in [3.63, 3.8) is 0 Å². The molecule has 0 unspecified atom stereocenters. The number of aromatic nitrogens is 2. The highest BCUT2D eigenvalue weighted by atomic mass is 35.5. The standard InChI is InChI=1S/C14H19Cl2N3O/c1-8-9(7-18-19(8)4)6-17-13(20)12-10(5-11(15)16)14(12,2)3/h5,7,10,12H,6H2,1-4H3,(H,17,20)/t10-,12+/m0/s1. The van der Waals surface area contributed by atoms with Crippen molar-refractivity contribution in [2.24, 2.45) is 24.3 Å². The largest absolute Gasteiger partial charge is 0.352 e. The van der Waals surface area contributed by atoms with Crippen molar-refractivity contribution in [3.05, 3.63) is 28.0 Å². The van der Waals surface area contributed by atoms with E-state index in [-0.39, 0.29) is 27.6 Å². The highest BCUT2D eigenvalue weighted by Gasteiger charge is 2.60. The SMILES string of the molecule is Cc1c(CNC(=O)[C@H]2[C@H](C=C(Cl)Cl)C2(C)C)cnn1C. The van der Waals surface area contributed by atoms with Crippen LogP contribution in [-0.2, 0) is 18.4 Å². The minimum Gasteiger partial charge on any atom is -0.352 e. The second kappa shape index (κ2) is 5.41. The van der Waals surface area contributed by atoms with Crippen molar-refractivity contribution in [2.75, 3.05) is 0 Å². The maximum atomic E-state index is 12.3. The highest BCUT2D eigenvalue weighted by molar-refractivity contribution is 6.55. The van der Waals surface area contributed by atoms with Gasteiger partial charge in [-0.05, 0) is 24.3 Å². The first-order valence-corrected chi connectivity index (χ1v) is 7.28. The molecule has 4 nitrogen and oxygen atoms in total. The molecule has 6 heteroatoms. The number of aryl methyl sites for hydroxylation is 1. The van der Waals surface area contributed by atoms with E-state index in [9.17, 15) is 4.79 Å². The van der Waals surface area contributed by atoms with Gasteiger partial charge in [0.25, 0.3) is 0 Å². The lowest BCUT2D eigenvalue weighted by Crippen LogP contribution is -2.26. The summed E-state index contributed by atoms with van der Waals surface area (Å²) in [5.74, 6) is 0.0589. The summed E-state index contributed by atoms with van der Waals surface area (Å²) in [7, 11) is 1.88. The number of rotatable bonds is 4. The molecule has 0 saturated heterocycles. The Morgan fingerprint density at radius 2 is 2.20 bits per heavy atom. The number of allylic oxidation sites excluding steroid dienone is 1. The summed E-state index contributed by atoms with van der Waals surface area (Å²) >= 11 is 11.4. The molecule has 1 aromatic heterocycles. The Morgan fingerprint density at radius 3 is 2.70 bits per heavy atom. The van der Waals surface area contributed by atoms with Crippen molar-refractivity contribution in [1.29, 1.82) is 0 Å². The highest BCUT2D eigenvalue weighted by Crippen LogP contribution is 2.59. The Hall–Kier alpha value is -1.00. The van der Waals surface area contributed by atoms with Gasteiger partial charge in [-0.3, -0.25) is 9.48 Å². The molecule has 0 spiro atoms. The second-order valence-electron chi connectivity index (χ2n) is 5.88. The molecule has 0 radical (unpaired) electrons. The second-order valence-corrected chi connectivity index (χ2v) is 6.89. The molecule has 20 heavy (non-hydrogen) atoms. The van der Waals surface area contributed by atoms with Crippen LogP contribution in [0.15, 0.2) is 16.8 Å². The van der Waals surface area contributed by atoms with E-state index in [1.54, 1.807) is 17.0 Å². The molecule has 0 bridgehead atoms. The van der Waals surface area contributed by atoms with E-state index in [0.717, 1.165) is 11.3 Å². The number of carbonyl (C=O) groups is 1. The van der Waals surface area contributed by atoms with Crippen LogP contribution in [0.2, 0.25) is 0 Å². The van der Waals surface area contributed by atoms with Crippen molar-refractivity contribution in [3.8, 4) is 0 Å². The van der Waals surface area contributed by atoms with Gasteiger partial charge in [-0.1, -0.05) is 37.0 Å². The number of halogens is 2. The fraction of sp³-hybridized carbons (Fsp3) is 0.571. The molecule has 110 valence electrons. The summed E-state index contributed by atoms with van der Waals surface area (Å²) in [6, 6.07) is 0. The number of amides is 1. The molecule has 0 aliphatic heterocycles. The molecule has 1 aliphatic carbocycles. The normalized spacial score (nSPS) is 23.3. The quantitative estimate of drug-likeness (QED) is 0.928.